The van der Waals surface area contributed by atoms with Crippen molar-refractivity contribution in [1.29, 1.82) is 0 Å². The average Bonchev–Trinajstić information content (AvgIpc) is 3.07. The van der Waals surface area contributed by atoms with E-state index < -0.39 is 38.2 Å². The molecular weight excluding hydrogens is 328 g/mol. The fraction of sp³-hybridized carbons (Fsp3) is 0.400. The predicted octanol–water partition coefficient (Wildman–Crippen LogP) is 5.46. The fourth-order valence-corrected chi connectivity index (χ4v) is 4.09. The molecule has 0 aliphatic carbocycles. The molecule has 4 rings (SSSR count). The zero-order valence-corrected chi connectivity index (χ0v) is 15.9. The second kappa shape index (κ2) is 5.58. The van der Waals surface area contributed by atoms with Gasteiger partial charge in [0.25, 0.3) is 0 Å². The highest BCUT2D eigenvalue weighted by molar-refractivity contribution is 5.63. The van der Waals surface area contributed by atoms with Crippen molar-refractivity contribution < 1.29 is 21.1 Å². The van der Waals surface area contributed by atoms with E-state index in [1.807, 2.05) is 0 Å². The van der Waals surface area contributed by atoms with Gasteiger partial charge in [0.1, 0.15) is 5.69 Å². The van der Waals surface area contributed by atoms with Crippen LogP contribution in [0.25, 0.3) is 16.9 Å². The van der Waals surface area contributed by atoms with Gasteiger partial charge in [0, 0.05) is 38.9 Å². The zero-order chi connectivity index (χ0) is 29.7. The molecule has 27 heavy (non-hydrogen) atoms. The number of aryl methyl sites for hydroxylation is 3. The maximum atomic E-state index is 8.65. The summed E-state index contributed by atoms with van der Waals surface area (Å²) in [5.41, 5.74) is -2.81. The lowest BCUT2D eigenvalue weighted by Gasteiger charge is -2.46. The molecule has 140 valence electrons. The largest absolute Gasteiger partial charge is 0.239 e. The minimum atomic E-state index is -3.29. The molecule has 2 heteroatoms. The first-order chi connectivity index (χ1) is 17.5. The molecule has 0 saturated heterocycles. The summed E-state index contributed by atoms with van der Waals surface area (Å²) in [6, 6.07) is 11.0. The molecule has 0 N–H and O–H groups in total. The smallest absolute Gasteiger partial charge is 0.124 e. The number of hydrogen-bond donors (Lipinski definition) is 0. The lowest BCUT2D eigenvalue weighted by molar-refractivity contribution is -0.735. The first-order valence-corrected chi connectivity index (χ1v) is 8.87. The van der Waals surface area contributed by atoms with Gasteiger partial charge in [-0.25, -0.2) is 0 Å². The number of hydrogen-bond acceptors (Lipinski definition) is 0. The number of para-hydroxylation sites is 1. The average molecular weight is 372 g/mol. The standard InChI is InChI=1S/C25H31N2/c1-16-12-17(2)14-19(13-16)21-15-22-25(6,7)24(4,5)20-11-9-10-18(3)23(20)27(22)26(21)8/h9-15H,1-8H3/q+1/i1D3,4D3,6D3,7D3. The van der Waals surface area contributed by atoms with Crippen molar-refractivity contribution in [2.24, 2.45) is 7.05 Å². The van der Waals surface area contributed by atoms with Crippen LogP contribution < -0.4 is 4.68 Å². The van der Waals surface area contributed by atoms with Gasteiger partial charge in [-0.1, -0.05) is 62.9 Å². The quantitative estimate of drug-likeness (QED) is 0.502. The third-order valence-corrected chi connectivity index (χ3v) is 5.65. The van der Waals surface area contributed by atoms with Crippen molar-refractivity contribution in [2.45, 2.75) is 59.0 Å². The number of aromatic nitrogens is 2. The Balaban J connectivity index is 2.29. The van der Waals surface area contributed by atoms with Gasteiger partial charge in [-0.3, -0.25) is 0 Å². The second-order valence-electron chi connectivity index (χ2n) is 7.68. The van der Waals surface area contributed by atoms with E-state index in [0.717, 1.165) is 0 Å². The molecule has 2 aromatic carbocycles. The Hall–Kier alpha value is -2.35. The van der Waals surface area contributed by atoms with Gasteiger partial charge in [0.2, 0.25) is 5.69 Å². The van der Waals surface area contributed by atoms with Crippen LogP contribution >= 0.6 is 0 Å². The van der Waals surface area contributed by atoms with Crippen molar-refractivity contribution in [3.8, 4) is 16.9 Å². The Labute approximate surface area is 180 Å². The Kier molecular flexibility index (Phi) is 1.81. The van der Waals surface area contributed by atoms with E-state index in [2.05, 4.69) is 0 Å². The number of fused-ring (bicyclic) bond motifs is 3. The molecule has 0 saturated carbocycles. The molecule has 2 nitrogen and oxygen atoms in total. The van der Waals surface area contributed by atoms with Gasteiger partial charge >= 0.3 is 0 Å². The Morgan fingerprint density at radius 2 is 1.70 bits per heavy atom. The van der Waals surface area contributed by atoms with Crippen molar-refractivity contribution in [3.63, 3.8) is 0 Å². The summed E-state index contributed by atoms with van der Waals surface area (Å²) in [4.78, 5) is 0. The summed E-state index contributed by atoms with van der Waals surface area (Å²) in [6.07, 6.45) is 0. The van der Waals surface area contributed by atoms with Gasteiger partial charge in [-0.05, 0) is 44.0 Å². The van der Waals surface area contributed by atoms with Gasteiger partial charge in [-0.15, -0.1) is 9.36 Å². The van der Waals surface area contributed by atoms with Crippen molar-refractivity contribution in [1.82, 2.24) is 4.68 Å². The molecule has 1 atom stereocenters. The van der Waals surface area contributed by atoms with Crippen LogP contribution in [0.4, 0.5) is 0 Å². The topological polar surface area (TPSA) is 8.81 Å². The molecule has 0 radical (unpaired) electrons. The molecule has 1 aromatic heterocycles. The van der Waals surface area contributed by atoms with E-state index in [0.29, 0.717) is 28.1 Å². The Morgan fingerprint density at radius 1 is 0.963 bits per heavy atom. The molecule has 1 aliphatic rings. The Bertz CT molecular complexity index is 1440. The lowest BCUT2D eigenvalue weighted by atomic mass is 9.60. The van der Waals surface area contributed by atoms with Crippen LogP contribution in [0.5, 0.6) is 0 Å². The summed E-state index contributed by atoms with van der Waals surface area (Å²) in [6.45, 7) is -7.34. The van der Waals surface area contributed by atoms with Gasteiger partial charge < -0.3 is 0 Å². The molecule has 1 unspecified atom stereocenters. The van der Waals surface area contributed by atoms with Crippen molar-refractivity contribution >= 4 is 0 Å². The summed E-state index contributed by atoms with van der Waals surface area (Å²) in [7, 11) is 1.62. The monoisotopic (exact) mass is 371 g/mol. The first kappa shape index (κ1) is 8.77. The van der Waals surface area contributed by atoms with Crippen LogP contribution in [0.2, 0.25) is 0 Å². The second-order valence-corrected chi connectivity index (χ2v) is 7.68. The highest BCUT2D eigenvalue weighted by Crippen LogP contribution is 2.50. The fourth-order valence-electron chi connectivity index (χ4n) is 4.09. The SMILES string of the molecule is [2H]C([2H])([2H])c1cc(C)cc(-c2cc3n([n+]2C)-c2c(C)cccc2C(C)(C([2H])([2H])[2H])C3(C([2H])([2H])[2H])C([2H])([2H])[2H])c1. The van der Waals surface area contributed by atoms with Crippen LogP contribution in [0.3, 0.4) is 0 Å². The van der Waals surface area contributed by atoms with Gasteiger partial charge in [0.15, 0.2) is 7.05 Å². The molecule has 0 bridgehead atoms. The van der Waals surface area contributed by atoms with Crippen LogP contribution in [-0.4, -0.2) is 4.68 Å². The molecule has 0 spiro atoms. The summed E-state index contributed by atoms with van der Waals surface area (Å²) in [5.74, 6) is 0. The summed E-state index contributed by atoms with van der Waals surface area (Å²) >= 11 is 0. The lowest BCUT2D eigenvalue weighted by Crippen LogP contribution is -2.51. The van der Waals surface area contributed by atoms with E-state index in [1.165, 1.54) is 35.9 Å². The Morgan fingerprint density at radius 3 is 2.41 bits per heavy atom. The van der Waals surface area contributed by atoms with Gasteiger partial charge in [-0.2, -0.15) is 0 Å². The third-order valence-electron chi connectivity index (χ3n) is 5.65. The highest BCUT2D eigenvalue weighted by atomic mass is 15.4. The van der Waals surface area contributed by atoms with E-state index in [1.54, 1.807) is 43.8 Å². The van der Waals surface area contributed by atoms with Crippen LogP contribution in [0.1, 0.15) is 71.9 Å². The maximum absolute atomic E-state index is 8.65. The van der Waals surface area contributed by atoms with E-state index in [9.17, 15) is 0 Å². The van der Waals surface area contributed by atoms with Crippen molar-refractivity contribution in [2.75, 3.05) is 0 Å². The van der Waals surface area contributed by atoms with Crippen LogP contribution in [-0.2, 0) is 17.9 Å². The number of benzene rings is 2. The minimum Gasteiger partial charge on any atom is -0.124 e. The van der Waals surface area contributed by atoms with E-state index in [4.69, 9.17) is 16.4 Å². The number of rotatable bonds is 1. The molecule has 0 fully saturated rings. The first-order valence-electron chi connectivity index (χ1n) is 14.9. The summed E-state index contributed by atoms with van der Waals surface area (Å²) < 4.78 is 104. The van der Waals surface area contributed by atoms with Gasteiger partial charge in [0.05, 0.1) is 5.69 Å². The number of nitrogens with zero attached hydrogens (tertiary/aromatic N) is 2. The normalized spacial score (nSPS) is 28.7. The molecule has 3 aromatic rings. The van der Waals surface area contributed by atoms with E-state index >= 15 is 0 Å². The van der Waals surface area contributed by atoms with E-state index in [-0.39, 0.29) is 16.8 Å². The third kappa shape index (κ3) is 2.35. The molecular formula is C25H31N2+. The van der Waals surface area contributed by atoms with Crippen LogP contribution in [0, 0.1) is 20.7 Å². The molecule has 0 amide bonds. The molecule has 1 aliphatic heterocycles. The van der Waals surface area contributed by atoms with Crippen LogP contribution in [0.15, 0.2) is 42.5 Å². The zero-order valence-electron chi connectivity index (χ0n) is 27.9. The highest BCUT2D eigenvalue weighted by Gasteiger charge is 2.50. The van der Waals surface area contributed by atoms with Crippen molar-refractivity contribution in [3.05, 3.63) is 70.4 Å². The summed E-state index contributed by atoms with van der Waals surface area (Å²) in [5, 5.41) is 0. The predicted molar refractivity (Wildman–Crippen MR) is 113 cm³/mol. The minimum absolute atomic E-state index is 0.0727. The molecule has 2 heterocycles. The maximum Gasteiger partial charge on any atom is 0.239 e.